The van der Waals surface area contributed by atoms with E-state index in [4.69, 9.17) is 24.4 Å². The van der Waals surface area contributed by atoms with Gasteiger partial charge in [0.2, 0.25) is 0 Å². The summed E-state index contributed by atoms with van der Waals surface area (Å²) in [6.45, 7) is 10.1. The largest absolute Gasteiger partial charge is 0.396 e. The van der Waals surface area contributed by atoms with Crippen LogP contribution in [0.4, 0.5) is 0 Å². The van der Waals surface area contributed by atoms with Gasteiger partial charge in [0.25, 0.3) is 0 Å². The monoisotopic (exact) mass is 278 g/mol. The molecule has 0 fully saturated rings. The molecule has 0 saturated carbocycles. The Balaban J connectivity index is 3.72. The lowest BCUT2D eigenvalue weighted by atomic mass is 10.0. The summed E-state index contributed by atoms with van der Waals surface area (Å²) in [5, 5.41) is 17.5. The predicted octanol–water partition coefficient (Wildman–Crippen LogP) is 1.36. The van der Waals surface area contributed by atoms with Crippen molar-refractivity contribution in [3.63, 3.8) is 0 Å². The standard InChI is InChI=1S/C14H30O5/c1-13(2,5-7-15)18-9-6-14(3,4)19-12-11-17-10-8-16/h15-16H,5-12H2,1-4H3. The molecule has 0 aliphatic carbocycles. The highest BCUT2D eigenvalue weighted by Gasteiger charge is 2.22. The van der Waals surface area contributed by atoms with E-state index in [0.29, 0.717) is 32.8 Å². The Morgan fingerprint density at radius 1 is 0.684 bits per heavy atom. The van der Waals surface area contributed by atoms with Gasteiger partial charge in [-0.3, -0.25) is 0 Å². The Labute approximate surface area is 116 Å². The Morgan fingerprint density at radius 2 is 1.26 bits per heavy atom. The highest BCUT2D eigenvalue weighted by atomic mass is 16.5. The summed E-state index contributed by atoms with van der Waals surface area (Å²) in [6.07, 6.45) is 1.41. The summed E-state index contributed by atoms with van der Waals surface area (Å²) >= 11 is 0. The van der Waals surface area contributed by atoms with Crippen molar-refractivity contribution in [2.45, 2.75) is 51.7 Å². The van der Waals surface area contributed by atoms with Crippen LogP contribution in [0.25, 0.3) is 0 Å². The van der Waals surface area contributed by atoms with E-state index in [-0.39, 0.29) is 24.4 Å². The van der Waals surface area contributed by atoms with Crippen LogP contribution in [0.5, 0.6) is 0 Å². The van der Waals surface area contributed by atoms with E-state index in [1.165, 1.54) is 0 Å². The van der Waals surface area contributed by atoms with Crippen molar-refractivity contribution in [2.24, 2.45) is 0 Å². The van der Waals surface area contributed by atoms with Crippen LogP contribution in [0.1, 0.15) is 40.5 Å². The molecule has 0 bridgehead atoms. The molecule has 0 aromatic heterocycles. The number of rotatable bonds is 12. The van der Waals surface area contributed by atoms with E-state index in [2.05, 4.69) is 0 Å². The Hall–Kier alpha value is -0.200. The first-order valence-electron chi connectivity index (χ1n) is 6.90. The topological polar surface area (TPSA) is 68.2 Å². The van der Waals surface area contributed by atoms with Gasteiger partial charge in [0.1, 0.15) is 0 Å². The van der Waals surface area contributed by atoms with Crippen LogP contribution in [0.2, 0.25) is 0 Å². The molecule has 0 atom stereocenters. The van der Waals surface area contributed by atoms with E-state index in [0.717, 1.165) is 6.42 Å². The van der Waals surface area contributed by atoms with Gasteiger partial charge in [-0.1, -0.05) is 0 Å². The van der Waals surface area contributed by atoms with Crippen molar-refractivity contribution >= 4 is 0 Å². The van der Waals surface area contributed by atoms with Gasteiger partial charge in [-0.25, -0.2) is 0 Å². The van der Waals surface area contributed by atoms with Crippen molar-refractivity contribution in [3.8, 4) is 0 Å². The van der Waals surface area contributed by atoms with Crippen molar-refractivity contribution in [1.82, 2.24) is 0 Å². The molecule has 0 spiro atoms. The predicted molar refractivity (Wildman–Crippen MR) is 74.3 cm³/mol. The van der Waals surface area contributed by atoms with Gasteiger partial charge in [-0.2, -0.15) is 0 Å². The van der Waals surface area contributed by atoms with Crippen LogP contribution in [0, 0.1) is 0 Å². The van der Waals surface area contributed by atoms with E-state index in [9.17, 15) is 0 Å². The SMILES string of the molecule is CC(C)(CCO)OCCC(C)(C)OCCOCCO. The maximum Gasteiger partial charge on any atom is 0.0707 e. The third-order valence-corrected chi connectivity index (χ3v) is 2.87. The average Bonchev–Trinajstić information content (AvgIpc) is 2.27. The van der Waals surface area contributed by atoms with Gasteiger partial charge in [-0.15, -0.1) is 0 Å². The normalized spacial score (nSPS) is 12.9. The van der Waals surface area contributed by atoms with Crippen LogP contribution in [-0.4, -0.2) is 61.1 Å². The summed E-state index contributed by atoms with van der Waals surface area (Å²) in [5.41, 5.74) is -0.563. The fourth-order valence-electron chi connectivity index (χ4n) is 1.53. The molecular formula is C14H30O5. The van der Waals surface area contributed by atoms with Crippen LogP contribution in [0.3, 0.4) is 0 Å². The molecule has 0 rings (SSSR count). The summed E-state index contributed by atoms with van der Waals surface area (Å²) < 4.78 is 16.6. The average molecular weight is 278 g/mol. The van der Waals surface area contributed by atoms with Gasteiger partial charge in [0, 0.05) is 6.61 Å². The summed E-state index contributed by atoms with van der Waals surface area (Å²) in [7, 11) is 0. The zero-order valence-electron chi connectivity index (χ0n) is 12.8. The molecule has 0 radical (unpaired) electrons. The Bertz CT molecular complexity index is 216. The minimum atomic E-state index is -0.297. The molecule has 0 amide bonds. The number of hydrogen-bond donors (Lipinski definition) is 2. The first kappa shape index (κ1) is 18.8. The molecule has 2 N–H and O–H groups in total. The van der Waals surface area contributed by atoms with E-state index in [1.807, 2.05) is 27.7 Å². The zero-order chi connectivity index (χ0) is 14.8. The Kier molecular flexibility index (Phi) is 9.56. The third kappa shape index (κ3) is 11.3. The lowest BCUT2D eigenvalue weighted by molar-refractivity contribution is -0.0878. The maximum atomic E-state index is 8.91. The molecule has 0 aliphatic rings. The Morgan fingerprint density at radius 3 is 1.84 bits per heavy atom. The van der Waals surface area contributed by atoms with E-state index >= 15 is 0 Å². The van der Waals surface area contributed by atoms with Gasteiger partial charge in [0.15, 0.2) is 0 Å². The van der Waals surface area contributed by atoms with Crippen LogP contribution < -0.4 is 0 Å². The quantitative estimate of drug-likeness (QED) is 0.528. The lowest BCUT2D eigenvalue weighted by Gasteiger charge is -2.29. The molecule has 0 aromatic carbocycles. The van der Waals surface area contributed by atoms with Crippen molar-refractivity contribution in [3.05, 3.63) is 0 Å². The fourth-order valence-corrected chi connectivity index (χ4v) is 1.53. The number of aliphatic hydroxyl groups excluding tert-OH is 2. The van der Waals surface area contributed by atoms with Crippen LogP contribution in [0.15, 0.2) is 0 Å². The summed E-state index contributed by atoms with van der Waals surface area (Å²) in [6, 6.07) is 0. The van der Waals surface area contributed by atoms with E-state index < -0.39 is 0 Å². The van der Waals surface area contributed by atoms with Crippen molar-refractivity contribution in [1.29, 1.82) is 0 Å². The van der Waals surface area contributed by atoms with Crippen LogP contribution in [-0.2, 0) is 14.2 Å². The number of aliphatic hydroxyl groups is 2. The smallest absolute Gasteiger partial charge is 0.0707 e. The second-order valence-corrected chi connectivity index (χ2v) is 5.78. The van der Waals surface area contributed by atoms with Crippen molar-refractivity contribution in [2.75, 3.05) is 39.6 Å². The third-order valence-electron chi connectivity index (χ3n) is 2.87. The second kappa shape index (κ2) is 9.66. The molecule has 5 heteroatoms. The highest BCUT2D eigenvalue weighted by Crippen LogP contribution is 2.19. The minimum absolute atomic E-state index is 0.0389. The fraction of sp³-hybridized carbons (Fsp3) is 1.00. The zero-order valence-corrected chi connectivity index (χ0v) is 12.8. The second-order valence-electron chi connectivity index (χ2n) is 5.78. The maximum absolute atomic E-state index is 8.91. The van der Waals surface area contributed by atoms with Crippen molar-refractivity contribution < 1.29 is 24.4 Å². The molecule has 0 unspecified atom stereocenters. The molecular weight excluding hydrogens is 248 g/mol. The lowest BCUT2D eigenvalue weighted by Crippen LogP contribution is -2.32. The van der Waals surface area contributed by atoms with Crippen LogP contribution >= 0.6 is 0 Å². The minimum Gasteiger partial charge on any atom is -0.396 e. The summed E-state index contributed by atoms with van der Waals surface area (Å²) in [4.78, 5) is 0. The molecule has 19 heavy (non-hydrogen) atoms. The molecule has 5 nitrogen and oxygen atoms in total. The molecule has 0 aromatic rings. The molecule has 116 valence electrons. The van der Waals surface area contributed by atoms with Gasteiger partial charge >= 0.3 is 0 Å². The highest BCUT2D eigenvalue weighted by molar-refractivity contribution is 4.72. The van der Waals surface area contributed by atoms with Gasteiger partial charge < -0.3 is 24.4 Å². The number of ether oxygens (including phenoxy) is 3. The molecule has 0 saturated heterocycles. The summed E-state index contributed by atoms with van der Waals surface area (Å²) in [5.74, 6) is 0. The van der Waals surface area contributed by atoms with Gasteiger partial charge in [0.05, 0.1) is 44.2 Å². The van der Waals surface area contributed by atoms with E-state index in [1.54, 1.807) is 0 Å². The molecule has 0 heterocycles. The number of hydrogen-bond acceptors (Lipinski definition) is 5. The first-order valence-corrected chi connectivity index (χ1v) is 6.90. The molecule has 0 aliphatic heterocycles. The van der Waals surface area contributed by atoms with Gasteiger partial charge in [-0.05, 0) is 40.5 Å². The first-order chi connectivity index (χ1) is 8.83.